The van der Waals surface area contributed by atoms with Crippen LogP contribution in [0.3, 0.4) is 0 Å². The first kappa shape index (κ1) is 23.5. The Labute approximate surface area is 198 Å². The molecule has 2 atom stereocenters. The lowest BCUT2D eigenvalue weighted by atomic mass is 9.75. The van der Waals surface area contributed by atoms with Gasteiger partial charge in [0.1, 0.15) is 5.60 Å². The Kier molecular flexibility index (Phi) is 5.85. The predicted molar refractivity (Wildman–Crippen MR) is 114 cm³/mol. The van der Waals surface area contributed by atoms with Gasteiger partial charge in [-0.1, -0.05) is 11.6 Å². The number of benzene rings is 2. The van der Waals surface area contributed by atoms with Gasteiger partial charge in [0, 0.05) is 24.2 Å². The van der Waals surface area contributed by atoms with E-state index in [0.717, 1.165) is 37.1 Å². The Hall–Kier alpha value is -2.23. The summed E-state index contributed by atoms with van der Waals surface area (Å²) in [5, 5.41) is 3.11. The molecule has 1 spiro atoms. The molecule has 2 aromatic carbocycles. The fraction of sp³-hybridized carbons (Fsp3) is 0.458. The van der Waals surface area contributed by atoms with Crippen molar-refractivity contribution in [2.75, 3.05) is 13.1 Å². The highest BCUT2D eigenvalue weighted by molar-refractivity contribution is 6.30. The SMILES string of the molecule is O=C(C1CNCC[C@@]12OCc1cc(F)c(F)cc12)N(Cc1cc(Cl)cc(C(F)(F)F)c1)C1CC1. The number of amides is 1. The molecule has 1 amide bonds. The molecule has 1 saturated carbocycles. The number of rotatable bonds is 4. The lowest BCUT2D eigenvalue weighted by Crippen LogP contribution is -2.55. The van der Waals surface area contributed by atoms with Crippen LogP contribution in [0.25, 0.3) is 0 Å². The van der Waals surface area contributed by atoms with Gasteiger partial charge in [-0.2, -0.15) is 13.2 Å². The van der Waals surface area contributed by atoms with Gasteiger partial charge in [0.15, 0.2) is 11.6 Å². The number of nitrogens with zero attached hydrogens (tertiary/aromatic N) is 1. The first-order valence-corrected chi connectivity index (χ1v) is 11.5. The topological polar surface area (TPSA) is 41.6 Å². The van der Waals surface area contributed by atoms with Crippen LogP contribution in [0, 0.1) is 17.6 Å². The summed E-state index contributed by atoms with van der Waals surface area (Å²) in [6.45, 7) is 0.798. The third-order valence-corrected chi connectivity index (χ3v) is 7.10. The van der Waals surface area contributed by atoms with Gasteiger partial charge in [0.25, 0.3) is 0 Å². The molecule has 5 rings (SSSR count). The van der Waals surface area contributed by atoms with Gasteiger partial charge in [-0.25, -0.2) is 8.78 Å². The summed E-state index contributed by atoms with van der Waals surface area (Å²) in [5.41, 5.74) is -0.756. The predicted octanol–water partition coefficient (Wildman–Crippen LogP) is 5.16. The van der Waals surface area contributed by atoms with Crippen molar-refractivity contribution >= 4 is 17.5 Å². The van der Waals surface area contributed by atoms with Gasteiger partial charge in [-0.15, -0.1) is 0 Å². The second kappa shape index (κ2) is 8.46. The molecule has 1 aliphatic carbocycles. The standard InChI is InChI=1S/C24H22ClF5N2O2/c25-16-6-13(5-15(8-16)24(28,29)30)11-32(17-1-2-17)22(33)19-10-31-4-3-23(19)18-9-21(27)20(26)7-14(18)12-34-23/h5-9,17,19,31H,1-4,10-12H2/t19?,23-/m0/s1. The van der Waals surface area contributed by atoms with E-state index in [1.807, 2.05) is 0 Å². The number of piperidine rings is 1. The summed E-state index contributed by atoms with van der Waals surface area (Å²) in [6, 6.07) is 5.39. The highest BCUT2D eigenvalue weighted by atomic mass is 35.5. The molecule has 2 aromatic rings. The fourth-order valence-corrected chi connectivity index (χ4v) is 5.36. The molecule has 2 heterocycles. The number of carbonyl (C=O) groups excluding carboxylic acids is 1. The van der Waals surface area contributed by atoms with Crippen molar-refractivity contribution in [3.05, 3.63) is 69.2 Å². The quantitative estimate of drug-likeness (QED) is 0.589. The zero-order valence-electron chi connectivity index (χ0n) is 18.0. The number of nitrogens with one attached hydrogen (secondary N) is 1. The van der Waals surface area contributed by atoms with Crippen molar-refractivity contribution in [3.8, 4) is 0 Å². The van der Waals surface area contributed by atoms with Gasteiger partial charge in [0.05, 0.1) is 18.1 Å². The van der Waals surface area contributed by atoms with Crippen molar-refractivity contribution in [2.45, 2.75) is 50.2 Å². The van der Waals surface area contributed by atoms with E-state index in [1.54, 1.807) is 4.90 Å². The number of hydrogen-bond donors (Lipinski definition) is 1. The Balaban J connectivity index is 1.48. The molecule has 2 fully saturated rings. The van der Waals surface area contributed by atoms with Crippen LogP contribution in [-0.4, -0.2) is 29.9 Å². The van der Waals surface area contributed by atoms with Crippen molar-refractivity contribution < 1.29 is 31.5 Å². The zero-order valence-corrected chi connectivity index (χ0v) is 18.8. The maximum Gasteiger partial charge on any atom is 0.416 e. The minimum atomic E-state index is -4.56. The maximum atomic E-state index is 14.2. The fourth-order valence-electron chi connectivity index (χ4n) is 5.10. The number of hydrogen-bond acceptors (Lipinski definition) is 3. The summed E-state index contributed by atoms with van der Waals surface area (Å²) in [4.78, 5) is 15.4. The summed E-state index contributed by atoms with van der Waals surface area (Å²) in [6.07, 6.45) is -2.70. The van der Waals surface area contributed by atoms with E-state index in [9.17, 15) is 26.7 Å². The molecular weight excluding hydrogens is 479 g/mol. The van der Waals surface area contributed by atoms with Crippen LogP contribution < -0.4 is 5.32 Å². The summed E-state index contributed by atoms with van der Waals surface area (Å²) >= 11 is 5.95. The Bertz CT molecular complexity index is 1140. The van der Waals surface area contributed by atoms with Crippen LogP contribution in [0.15, 0.2) is 30.3 Å². The number of fused-ring (bicyclic) bond motifs is 2. The number of carbonyl (C=O) groups is 1. The molecule has 1 unspecified atom stereocenters. The molecule has 34 heavy (non-hydrogen) atoms. The lowest BCUT2D eigenvalue weighted by molar-refractivity contribution is -0.157. The molecule has 4 nitrogen and oxygen atoms in total. The second-order valence-electron chi connectivity index (χ2n) is 9.15. The van der Waals surface area contributed by atoms with E-state index < -0.39 is 34.9 Å². The first-order chi connectivity index (χ1) is 16.1. The Morgan fingerprint density at radius 1 is 1.15 bits per heavy atom. The smallest absolute Gasteiger partial charge is 0.365 e. The molecular formula is C24H22ClF5N2O2. The normalized spacial score (nSPS) is 24.4. The number of halogens is 6. The first-order valence-electron chi connectivity index (χ1n) is 11.1. The Morgan fingerprint density at radius 2 is 1.88 bits per heavy atom. The van der Waals surface area contributed by atoms with Crippen LogP contribution in [0.5, 0.6) is 0 Å². The Morgan fingerprint density at radius 3 is 2.59 bits per heavy atom. The van der Waals surface area contributed by atoms with Crippen LogP contribution in [-0.2, 0) is 34.5 Å². The third-order valence-electron chi connectivity index (χ3n) is 6.88. The number of ether oxygens (including phenoxy) is 1. The molecule has 10 heteroatoms. The lowest BCUT2D eigenvalue weighted by Gasteiger charge is -2.43. The van der Waals surface area contributed by atoms with Crippen LogP contribution in [0.1, 0.15) is 41.5 Å². The van der Waals surface area contributed by atoms with E-state index in [4.69, 9.17) is 16.3 Å². The summed E-state index contributed by atoms with van der Waals surface area (Å²) in [7, 11) is 0. The molecule has 3 aliphatic rings. The van der Waals surface area contributed by atoms with Gasteiger partial charge >= 0.3 is 6.18 Å². The summed E-state index contributed by atoms with van der Waals surface area (Å²) < 4.78 is 73.9. The van der Waals surface area contributed by atoms with Crippen molar-refractivity contribution in [2.24, 2.45) is 5.92 Å². The van der Waals surface area contributed by atoms with E-state index >= 15 is 0 Å². The van der Waals surface area contributed by atoms with E-state index in [0.29, 0.717) is 24.1 Å². The van der Waals surface area contributed by atoms with E-state index in [2.05, 4.69) is 5.32 Å². The van der Waals surface area contributed by atoms with Crippen molar-refractivity contribution in [1.29, 1.82) is 0 Å². The zero-order chi connectivity index (χ0) is 24.3. The minimum absolute atomic E-state index is 0.0373. The van der Waals surface area contributed by atoms with Gasteiger partial charge in [0.2, 0.25) is 5.91 Å². The molecule has 1 N–H and O–H groups in total. The molecule has 0 bridgehead atoms. The minimum Gasteiger partial charge on any atom is -0.365 e. The summed E-state index contributed by atoms with van der Waals surface area (Å²) in [5.74, 6) is -3.02. The molecule has 1 saturated heterocycles. The van der Waals surface area contributed by atoms with Crippen molar-refractivity contribution in [1.82, 2.24) is 10.2 Å². The van der Waals surface area contributed by atoms with E-state index in [1.165, 1.54) is 6.07 Å². The maximum absolute atomic E-state index is 14.2. The van der Waals surface area contributed by atoms with Gasteiger partial charge < -0.3 is 15.0 Å². The molecule has 182 valence electrons. The monoisotopic (exact) mass is 500 g/mol. The molecule has 2 aliphatic heterocycles. The largest absolute Gasteiger partial charge is 0.416 e. The van der Waals surface area contributed by atoms with E-state index in [-0.39, 0.29) is 42.2 Å². The van der Waals surface area contributed by atoms with Gasteiger partial charge in [-0.05, 0) is 72.8 Å². The third kappa shape index (κ3) is 4.18. The molecule has 0 aromatic heterocycles. The highest BCUT2D eigenvalue weighted by Crippen LogP contribution is 2.48. The molecule has 0 radical (unpaired) electrons. The number of alkyl halides is 3. The highest BCUT2D eigenvalue weighted by Gasteiger charge is 2.53. The van der Waals surface area contributed by atoms with Crippen LogP contribution in [0.4, 0.5) is 22.0 Å². The average Bonchev–Trinajstić information content (AvgIpc) is 3.57. The second-order valence-corrected chi connectivity index (χ2v) is 9.59. The average molecular weight is 501 g/mol. The van der Waals surface area contributed by atoms with Crippen LogP contribution >= 0.6 is 11.6 Å². The van der Waals surface area contributed by atoms with Gasteiger partial charge in [-0.3, -0.25) is 4.79 Å². The van der Waals surface area contributed by atoms with Crippen molar-refractivity contribution in [3.63, 3.8) is 0 Å². The van der Waals surface area contributed by atoms with Crippen LogP contribution in [0.2, 0.25) is 5.02 Å².